The third-order valence-corrected chi connectivity index (χ3v) is 3.07. The standard InChI is InChI=1S/C11H16ClN5/c1-6(11(2,3)4)15-9-7-8(14-5-13-7)16-10(12)17-9/h5-6H,1-4H3,(H2,13,14,15,16,17)/t6-/m0/s1. The van der Waals surface area contributed by atoms with E-state index < -0.39 is 0 Å². The molecule has 0 amide bonds. The van der Waals surface area contributed by atoms with Crippen LogP contribution >= 0.6 is 11.6 Å². The quantitative estimate of drug-likeness (QED) is 0.808. The van der Waals surface area contributed by atoms with Gasteiger partial charge in [0.05, 0.1) is 6.33 Å². The van der Waals surface area contributed by atoms with E-state index in [9.17, 15) is 0 Å². The van der Waals surface area contributed by atoms with Gasteiger partial charge in [-0.15, -0.1) is 0 Å². The molecule has 0 radical (unpaired) electrons. The number of nitrogens with zero attached hydrogens (tertiary/aromatic N) is 3. The average molecular weight is 254 g/mol. The minimum atomic E-state index is 0.125. The maximum Gasteiger partial charge on any atom is 0.226 e. The second-order valence-corrected chi connectivity index (χ2v) is 5.51. The summed E-state index contributed by atoms with van der Waals surface area (Å²) in [6.07, 6.45) is 1.59. The van der Waals surface area contributed by atoms with Crippen molar-refractivity contribution in [2.24, 2.45) is 5.41 Å². The fourth-order valence-electron chi connectivity index (χ4n) is 1.33. The first-order valence-electron chi connectivity index (χ1n) is 5.51. The van der Waals surface area contributed by atoms with Crippen molar-refractivity contribution >= 4 is 28.6 Å². The van der Waals surface area contributed by atoms with E-state index in [1.165, 1.54) is 0 Å². The van der Waals surface area contributed by atoms with Crippen LogP contribution < -0.4 is 5.32 Å². The van der Waals surface area contributed by atoms with Gasteiger partial charge in [0, 0.05) is 6.04 Å². The van der Waals surface area contributed by atoms with Crippen LogP contribution in [0.4, 0.5) is 5.82 Å². The molecule has 2 N–H and O–H groups in total. The lowest BCUT2D eigenvalue weighted by atomic mass is 9.88. The van der Waals surface area contributed by atoms with E-state index in [0.717, 1.165) is 0 Å². The molecular formula is C11H16ClN5. The molecule has 0 unspecified atom stereocenters. The number of anilines is 1. The Morgan fingerprint density at radius 2 is 2.06 bits per heavy atom. The normalized spacial score (nSPS) is 13.9. The van der Waals surface area contributed by atoms with Crippen LogP contribution in [0.1, 0.15) is 27.7 Å². The molecule has 2 heterocycles. The van der Waals surface area contributed by atoms with E-state index in [-0.39, 0.29) is 16.7 Å². The molecule has 2 aromatic heterocycles. The minimum absolute atomic E-state index is 0.125. The molecule has 5 nitrogen and oxygen atoms in total. The van der Waals surface area contributed by atoms with Crippen molar-refractivity contribution in [1.29, 1.82) is 0 Å². The number of H-pyrrole nitrogens is 1. The Bertz CT molecular complexity index is 528. The van der Waals surface area contributed by atoms with Crippen molar-refractivity contribution in [1.82, 2.24) is 19.9 Å². The maximum atomic E-state index is 5.87. The topological polar surface area (TPSA) is 66.5 Å². The maximum absolute atomic E-state index is 5.87. The first kappa shape index (κ1) is 12.1. The average Bonchev–Trinajstić information content (AvgIpc) is 2.63. The molecule has 0 saturated carbocycles. The van der Waals surface area contributed by atoms with Crippen molar-refractivity contribution < 1.29 is 0 Å². The van der Waals surface area contributed by atoms with Crippen LogP contribution in [-0.2, 0) is 0 Å². The van der Waals surface area contributed by atoms with Gasteiger partial charge in [-0.05, 0) is 23.9 Å². The van der Waals surface area contributed by atoms with Gasteiger partial charge in [-0.1, -0.05) is 20.8 Å². The van der Waals surface area contributed by atoms with Gasteiger partial charge in [-0.3, -0.25) is 0 Å². The molecule has 92 valence electrons. The van der Waals surface area contributed by atoms with Gasteiger partial charge < -0.3 is 10.3 Å². The minimum Gasteiger partial charge on any atom is -0.365 e. The van der Waals surface area contributed by atoms with Gasteiger partial charge in [0.15, 0.2) is 11.5 Å². The summed E-state index contributed by atoms with van der Waals surface area (Å²) in [7, 11) is 0. The fraction of sp³-hybridized carbons (Fsp3) is 0.545. The zero-order valence-corrected chi connectivity index (χ0v) is 11.1. The van der Waals surface area contributed by atoms with Crippen LogP contribution in [0.5, 0.6) is 0 Å². The van der Waals surface area contributed by atoms with E-state index >= 15 is 0 Å². The van der Waals surface area contributed by atoms with E-state index in [4.69, 9.17) is 11.6 Å². The van der Waals surface area contributed by atoms with E-state index in [0.29, 0.717) is 17.0 Å². The molecular weight excluding hydrogens is 238 g/mol. The number of imidazole rings is 1. The number of fused-ring (bicyclic) bond motifs is 1. The van der Waals surface area contributed by atoms with Crippen LogP contribution in [0.2, 0.25) is 5.28 Å². The lowest BCUT2D eigenvalue weighted by molar-refractivity contribution is 0.359. The Labute approximate surface area is 105 Å². The van der Waals surface area contributed by atoms with Gasteiger partial charge in [0.1, 0.15) is 5.52 Å². The highest BCUT2D eigenvalue weighted by atomic mass is 35.5. The first-order valence-corrected chi connectivity index (χ1v) is 5.89. The van der Waals surface area contributed by atoms with Crippen molar-refractivity contribution in [3.63, 3.8) is 0 Å². The summed E-state index contributed by atoms with van der Waals surface area (Å²) >= 11 is 5.87. The highest BCUT2D eigenvalue weighted by Crippen LogP contribution is 2.25. The largest absolute Gasteiger partial charge is 0.365 e. The summed E-state index contributed by atoms with van der Waals surface area (Å²) in [4.78, 5) is 15.4. The number of hydrogen-bond donors (Lipinski definition) is 2. The molecule has 0 aromatic carbocycles. The predicted molar refractivity (Wildman–Crippen MR) is 69.2 cm³/mol. The van der Waals surface area contributed by atoms with Crippen LogP contribution in [0, 0.1) is 5.41 Å². The van der Waals surface area contributed by atoms with E-state index in [1.54, 1.807) is 6.33 Å². The Kier molecular flexibility index (Phi) is 2.95. The number of hydrogen-bond acceptors (Lipinski definition) is 4. The third kappa shape index (κ3) is 2.49. The molecule has 0 saturated heterocycles. The molecule has 0 bridgehead atoms. The number of nitrogens with one attached hydrogen (secondary N) is 2. The van der Waals surface area contributed by atoms with E-state index in [1.807, 2.05) is 0 Å². The molecule has 17 heavy (non-hydrogen) atoms. The number of aromatic amines is 1. The van der Waals surface area contributed by atoms with Crippen LogP contribution in [0.15, 0.2) is 6.33 Å². The van der Waals surface area contributed by atoms with Gasteiger partial charge in [-0.25, -0.2) is 4.98 Å². The molecule has 6 heteroatoms. The van der Waals surface area contributed by atoms with Crippen molar-refractivity contribution in [2.75, 3.05) is 5.32 Å². The summed E-state index contributed by atoms with van der Waals surface area (Å²) < 4.78 is 0. The zero-order valence-electron chi connectivity index (χ0n) is 10.4. The van der Waals surface area contributed by atoms with Crippen LogP contribution in [0.3, 0.4) is 0 Å². The molecule has 0 aliphatic heterocycles. The lowest BCUT2D eigenvalue weighted by Gasteiger charge is -2.28. The SMILES string of the molecule is C[C@H](Nc1nc(Cl)nc2[nH]cnc12)C(C)(C)C. The van der Waals surface area contributed by atoms with Crippen LogP contribution in [-0.4, -0.2) is 26.0 Å². The monoisotopic (exact) mass is 253 g/mol. The highest BCUT2D eigenvalue weighted by Gasteiger charge is 2.21. The van der Waals surface area contributed by atoms with Gasteiger partial charge >= 0.3 is 0 Å². The molecule has 2 rings (SSSR count). The summed E-state index contributed by atoms with van der Waals surface area (Å²) in [5.74, 6) is 0.670. The second kappa shape index (κ2) is 4.14. The number of rotatable bonds is 2. The van der Waals surface area contributed by atoms with Crippen molar-refractivity contribution in [2.45, 2.75) is 33.7 Å². The molecule has 1 atom stereocenters. The smallest absolute Gasteiger partial charge is 0.226 e. The molecule has 0 aliphatic rings. The second-order valence-electron chi connectivity index (χ2n) is 5.17. The van der Waals surface area contributed by atoms with Gasteiger partial charge in [0.25, 0.3) is 0 Å². The van der Waals surface area contributed by atoms with Gasteiger partial charge in [0.2, 0.25) is 5.28 Å². The Morgan fingerprint density at radius 3 is 2.71 bits per heavy atom. The van der Waals surface area contributed by atoms with Crippen molar-refractivity contribution in [3.05, 3.63) is 11.6 Å². The Morgan fingerprint density at radius 1 is 1.35 bits per heavy atom. The molecule has 2 aromatic rings. The van der Waals surface area contributed by atoms with Gasteiger partial charge in [-0.2, -0.15) is 9.97 Å². The zero-order chi connectivity index (χ0) is 12.6. The molecule has 0 aliphatic carbocycles. The summed E-state index contributed by atoms with van der Waals surface area (Å²) in [6, 6.07) is 0.244. The number of aromatic nitrogens is 4. The third-order valence-electron chi connectivity index (χ3n) is 2.90. The predicted octanol–water partition coefficient (Wildman–Crippen LogP) is 2.85. The first-order chi connectivity index (χ1) is 7.88. The van der Waals surface area contributed by atoms with Crippen molar-refractivity contribution in [3.8, 4) is 0 Å². The van der Waals surface area contributed by atoms with Crippen LogP contribution in [0.25, 0.3) is 11.2 Å². The lowest BCUT2D eigenvalue weighted by Crippen LogP contribution is -2.31. The summed E-state index contributed by atoms with van der Waals surface area (Å²) in [6.45, 7) is 8.59. The molecule has 0 fully saturated rings. The summed E-state index contributed by atoms with van der Waals surface area (Å²) in [5, 5.41) is 3.55. The Balaban J connectivity index is 2.38. The Hall–Kier alpha value is -1.36. The fourth-order valence-corrected chi connectivity index (χ4v) is 1.50. The summed E-state index contributed by atoms with van der Waals surface area (Å²) in [5.41, 5.74) is 1.49. The highest BCUT2D eigenvalue weighted by molar-refractivity contribution is 6.28. The molecule has 0 spiro atoms. The van der Waals surface area contributed by atoms with E-state index in [2.05, 4.69) is 52.9 Å². The number of halogens is 1.